The number of carbonyl (C=O) groups excluding carboxylic acids is 6. The molecule has 292 valence electrons. The normalized spacial score (nSPS) is 22.4. The van der Waals surface area contributed by atoms with Crippen LogP contribution in [0.5, 0.6) is 5.75 Å². The van der Waals surface area contributed by atoms with Crippen molar-refractivity contribution in [2.24, 2.45) is 0 Å². The van der Waals surface area contributed by atoms with E-state index in [-0.39, 0.29) is 53.7 Å². The lowest BCUT2D eigenvalue weighted by molar-refractivity contribution is -0.147. The highest BCUT2D eigenvalue weighted by Gasteiger charge is 2.46. The Morgan fingerprint density at radius 3 is 2.06 bits per heavy atom. The molecule has 3 fully saturated rings. The average molecular weight is 732 g/mol. The van der Waals surface area contributed by atoms with Crippen molar-refractivity contribution in [2.75, 3.05) is 54.1 Å². The Kier molecular flexibility index (Phi) is 21.8. The highest BCUT2D eigenvalue weighted by atomic mass is 16.5. The molecule has 5 amide bonds. The zero-order chi connectivity index (χ0) is 39.2. The summed E-state index contributed by atoms with van der Waals surface area (Å²) in [5.74, 6) is 0.294. The van der Waals surface area contributed by atoms with Crippen LogP contribution in [0.3, 0.4) is 0 Å². The van der Waals surface area contributed by atoms with E-state index < -0.39 is 12.1 Å². The number of nitrogens with zero attached hydrogens (tertiary/aromatic N) is 2. The lowest BCUT2D eigenvalue weighted by Gasteiger charge is -2.43. The van der Waals surface area contributed by atoms with Gasteiger partial charge in [0, 0.05) is 59.1 Å². The zero-order valence-corrected chi connectivity index (χ0v) is 32.0. The van der Waals surface area contributed by atoms with Crippen LogP contribution >= 0.6 is 0 Å². The van der Waals surface area contributed by atoms with Gasteiger partial charge in [-0.15, -0.1) is 6.58 Å². The smallest absolute Gasteiger partial charge is 0.247 e. The average Bonchev–Trinajstić information content (AvgIpc) is 3.56. The highest BCUT2D eigenvalue weighted by molar-refractivity contribution is 5.93. The maximum atomic E-state index is 13.6. The van der Waals surface area contributed by atoms with Crippen LogP contribution in [0.15, 0.2) is 36.9 Å². The molecule has 1 aromatic rings. The van der Waals surface area contributed by atoms with E-state index in [1.807, 2.05) is 37.1 Å². The van der Waals surface area contributed by atoms with Crippen LogP contribution in [0.2, 0.25) is 0 Å². The third-order valence-corrected chi connectivity index (χ3v) is 9.03. The molecular formula is C37H61N7O8. The second-order valence-electron chi connectivity index (χ2n) is 12.6. The van der Waals surface area contributed by atoms with Gasteiger partial charge in [-0.1, -0.05) is 31.2 Å². The standard InChI is InChI=1S/C24H32N4O5.C5H12N2O.C4H8.C3H7NO.CH2O/c1-15(29)25-20-12-27(17-13-32-14-17)10-8-16-6-7-21(28(16)24(20)31)23(30)26-19-9-11-33-22-5-3-2-4-18(19)22;1-4(6-2)5(8)7-3;1-3-4-2;1-3(5)4-2;1-2/h2-5,16-17,19-21H,6-14H2,1H3,(H,25,29)(H,26,30);4,6H,1-3H3,(H,7,8);3H,1,4H2,2H3;1-2H3,(H,4,5);1H2/t16-,19-,20+,21+;4-;;;/m10.../s1. The van der Waals surface area contributed by atoms with Crippen LogP contribution < -0.4 is 31.3 Å². The summed E-state index contributed by atoms with van der Waals surface area (Å²) >= 11 is 0. The Morgan fingerprint density at radius 1 is 0.923 bits per heavy atom. The first-order valence-electron chi connectivity index (χ1n) is 17.8. The van der Waals surface area contributed by atoms with Gasteiger partial charge in [0.2, 0.25) is 29.5 Å². The SMILES string of the molecule is C=CCC.C=O.CC(=O)N[C@H]1CN(C2COC2)CC[C@H]2CC[C@@H](C(=O)N[C@@H]3CCOc4ccccc43)N2C1=O.CNC(=O)[C@H](C)NC.CNC(C)=O. The Balaban J connectivity index is 0.000000591. The van der Waals surface area contributed by atoms with E-state index in [9.17, 15) is 24.0 Å². The summed E-state index contributed by atoms with van der Waals surface area (Å²) in [6.07, 6.45) is 5.89. The van der Waals surface area contributed by atoms with Crippen LogP contribution in [0, 0.1) is 0 Å². The van der Waals surface area contributed by atoms with Gasteiger partial charge in [-0.25, -0.2) is 0 Å². The van der Waals surface area contributed by atoms with Crippen LogP contribution in [0.4, 0.5) is 0 Å². The molecule has 15 heteroatoms. The second kappa shape index (κ2) is 24.8. The number of allylic oxidation sites excluding steroid dienone is 1. The van der Waals surface area contributed by atoms with Crippen LogP contribution in [0.1, 0.15) is 71.4 Å². The number of amides is 5. The van der Waals surface area contributed by atoms with E-state index in [1.165, 1.54) is 13.8 Å². The molecule has 5 rings (SSSR count). The van der Waals surface area contributed by atoms with Gasteiger partial charge < -0.3 is 45.8 Å². The molecule has 4 aliphatic rings. The van der Waals surface area contributed by atoms with Gasteiger partial charge >= 0.3 is 0 Å². The minimum absolute atomic E-state index is 0.00437. The lowest BCUT2D eigenvalue weighted by atomic mass is 10.00. The van der Waals surface area contributed by atoms with E-state index in [1.54, 1.807) is 33.0 Å². The first-order chi connectivity index (χ1) is 24.9. The molecule has 1 aromatic carbocycles. The third kappa shape index (κ3) is 14.4. The minimum atomic E-state index is -0.664. The molecule has 0 aliphatic carbocycles. The first kappa shape index (κ1) is 45.7. The second-order valence-corrected chi connectivity index (χ2v) is 12.6. The molecule has 5 N–H and O–H groups in total. The highest BCUT2D eigenvalue weighted by Crippen LogP contribution is 2.34. The monoisotopic (exact) mass is 731 g/mol. The Morgan fingerprint density at radius 2 is 1.56 bits per heavy atom. The van der Waals surface area contributed by atoms with Crippen molar-refractivity contribution in [3.63, 3.8) is 0 Å². The molecule has 0 bridgehead atoms. The molecule has 0 saturated carbocycles. The van der Waals surface area contributed by atoms with E-state index in [2.05, 4.69) is 45.0 Å². The van der Waals surface area contributed by atoms with Crippen LogP contribution in [-0.2, 0) is 33.5 Å². The van der Waals surface area contributed by atoms with E-state index in [4.69, 9.17) is 14.3 Å². The van der Waals surface area contributed by atoms with Crippen molar-refractivity contribution in [2.45, 2.75) is 96.1 Å². The fraction of sp³-hybridized carbons (Fsp3) is 0.622. The van der Waals surface area contributed by atoms with Crippen LogP contribution in [0.25, 0.3) is 0 Å². The van der Waals surface area contributed by atoms with Gasteiger partial charge in [0.15, 0.2) is 0 Å². The summed E-state index contributed by atoms with van der Waals surface area (Å²) in [5.41, 5.74) is 0.972. The van der Waals surface area contributed by atoms with Gasteiger partial charge in [-0.05, 0) is 45.7 Å². The summed E-state index contributed by atoms with van der Waals surface area (Å²) in [6.45, 7) is 15.4. The molecule has 5 atom stereocenters. The lowest BCUT2D eigenvalue weighted by Crippen LogP contribution is -2.63. The maximum absolute atomic E-state index is 13.6. The van der Waals surface area contributed by atoms with Crippen molar-refractivity contribution in [3.05, 3.63) is 42.5 Å². The summed E-state index contributed by atoms with van der Waals surface area (Å²) in [6, 6.07) is 6.63. The number of carbonyl (C=O) groups is 6. The quantitative estimate of drug-likeness (QED) is 0.254. The van der Waals surface area contributed by atoms with Gasteiger partial charge in [0.1, 0.15) is 24.6 Å². The van der Waals surface area contributed by atoms with Gasteiger partial charge in [-0.3, -0.25) is 28.9 Å². The summed E-state index contributed by atoms with van der Waals surface area (Å²) in [7, 11) is 4.97. The van der Waals surface area contributed by atoms with Crippen LogP contribution in [-0.4, -0.2) is 130 Å². The molecule has 52 heavy (non-hydrogen) atoms. The number of likely N-dealkylation sites (N-methyl/N-ethyl adjacent to an activating group) is 2. The summed E-state index contributed by atoms with van der Waals surface area (Å²) < 4.78 is 11.1. The fourth-order valence-electron chi connectivity index (χ4n) is 5.88. The predicted octanol–water partition coefficient (Wildman–Crippen LogP) is 1.09. The molecule has 0 unspecified atom stereocenters. The van der Waals surface area contributed by atoms with E-state index in [0.29, 0.717) is 39.2 Å². The number of ether oxygens (including phenoxy) is 2. The molecule has 0 radical (unpaired) electrons. The van der Waals surface area contributed by atoms with Crippen molar-refractivity contribution in [3.8, 4) is 5.75 Å². The number of benzene rings is 1. The number of hydrogen-bond acceptors (Lipinski definition) is 10. The third-order valence-electron chi connectivity index (χ3n) is 9.03. The van der Waals surface area contributed by atoms with E-state index in [0.717, 1.165) is 37.1 Å². The summed E-state index contributed by atoms with van der Waals surface area (Å²) in [4.78, 5) is 71.2. The molecule has 0 aromatic heterocycles. The zero-order valence-electron chi connectivity index (χ0n) is 32.0. The van der Waals surface area contributed by atoms with Crippen molar-refractivity contribution >= 4 is 36.3 Å². The number of para-hydroxylation sites is 1. The number of rotatable bonds is 7. The minimum Gasteiger partial charge on any atom is -0.493 e. The first-order valence-corrected chi connectivity index (χ1v) is 17.8. The fourth-order valence-corrected chi connectivity index (χ4v) is 5.88. The van der Waals surface area contributed by atoms with Crippen molar-refractivity contribution < 1.29 is 38.2 Å². The molecule has 4 heterocycles. The van der Waals surface area contributed by atoms with Gasteiger partial charge in [0.05, 0.1) is 37.9 Å². The molecular weight excluding hydrogens is 670 g/mol. The number of hydrogen-bond donors (Lipinski definition) is 5. The molecule has 0 spiro atoms. The van der Waals surface area contributed by atoms with Crippen molar-refractivity contribution in [1.29, 1.82) is 0 Å². The number of nitrogens with one attached hydrogen (secondary N) is 5. The van der Waals surface area contributed by atoms with E-state index >= 15 is 0 Å². The topological polar surface area (TPSA) is 188 Å². The molecule has 4 aliphatic heterocycles. The van der Waals surface area contributed by atoms with Gasteiger partial charge in [-0.2, -0.15) is 0 Å². The maximum Gasteiger partial charge on any atom is 0.247 e. The van der Waals surface area contributed by atoms with Crippen molar-refractivity contribution in [1.82, 2.24) is 36.4 Å². The Labute approximate surface area is 309 Å². The molecule has 3 saturated heterocycles. The molecule has 15 nitrogen and oxygen atoms in total. The summed E-state index contributed by atoms with van der Waals surface area (Å²) in [5, 5.41) is 13.7. The largest absolute Gasteiger partial charge is 0.493 e. The number of fused-ring (bicyclic) bond motifs is 2. The Bertz CT molecular complexity index is 1290. The Hall–Kier alpha value is -4.34. The van der Waals surface area contributed by atoms with Gasteiger partial charge in [0.25, 0.3) is 0 Å². The predicted molar refractivity (Wildman–Crippen MR) is 199 cm³/mol.